The number of hydrogen-bond acceptors (Lipinski definition) is 3. The highest BCUT2D eigenvalue weighted by molar-refractivity contribution is 7.79. The highest BCUT2D eigenvalue weighted by atomic mass is 32.1. The molecular formula is C14H19N4S+. The summed E-state index contributed by atoms with van der Waals surface area (Å²) in [5.74, 6) is 0. The van der Waals surface area contributed by atoms with Crippen molar-refractivity contribution in [3.05, 3.63) is 42.2 Å². The van der Waals surface area contributed by atoms with E-state index < -0.39 is 0 Å². The minimum atomic E-state index is 0.0566. The Morgan fingerprint density at radius 3 is 2.58 bits per heavy atom. The van der Waals surface area contributed by atoms with Crippen LogP contribution in [-0.2, 0) is 0 Å². The van der Waals surface area contributed by atoms with Crippen molar-refractivity contribution in [2.24, 2.45) is 5.73 Å². The Kier molecular flexibility index (Phi) is 3.80. The topological polar surface area (TPSA) is 50.9 Å². The van der Waals surface area contributed by atoms with Gasteiger partial charge in [0.25, 0.3) is 5.11 Å². The SMILES string of the molecule is CC(N[N+](C)(C)C(N)=S)c1cc2ccccc2cn1. The maximum Gasteiger partial charge on any atom is 0.286 e. The maximum absolute atomic E-state index is 5.71. The molecule has 1 aromatic carbocycles. The van der Waals surface area contributed by atoms with E-state index in [1.165, 1.54) is 5.39 Å². The summed E-state index contributed by atoms with van der Waals surface area (Å²) in [6, 6.07) is 10.3. The van der Waals surface area contributed by atoms with Crippen LogP contribution in [0.15, 0.2) is 36.5 Å². The lowest BCUT2D eigenvalue weighted by molar-refractivity contribution is -0.850. The lowest BCUT2D eigenvalue weighted by Gasteiger charge is -2.29. The van der Waals surface area contributed by atoms with Crippen LogP contribution in [-0.4, -0.2) is 28.8 Å². The Morgan fingerprint density at radius 2 is 1.95 bits per heavy atom. The van der Waals surface area contributed by atoms with Gasteiger partial charge in [0.05, 0.1) is 25.8 Å². The Balaban J connectivity index is 2.26. The number of benzene rings is 1. The maximum atomic E-state index is 5.71. The van der Waals surface area contributed by atoms with E-state index in [1.54, 1.807) is 0 Å². The van der Waals surface area contributed by atoms with Crippen molar-refractivity contribution in [2.45, 2.75) is 13.0 Å². The Hall–Kier alpha value is -1.56. The minimum absolute atomic E-state index is 0.0566. The third kappa shape index (κ3) is 3.07. The van der Waals surface area contributed by atoms with E-state index in [0.29, 0.717) is 5.11 Å². The summed E-state index contributed by atoms with van der Waals surface area (Å²) in [4.78, 5) is 4.49. The molecule has 2 aromatic rings. The molecule has 4 nitrogen and oxygen atoms in total. The molecule has 0 amide bonds. The van der Waals surface area contributed by atoms with Crippen LogP contribution in [0.1, 0.15) is 18.7 Å². The molecule has 1 aromatic heterocycles. The number of pyridine rings is 1. The molecule has 19 heavy (non-hydrogen) atoms. The number of hydrogen-bond donors (Lipinski definition) is 2. The number of rotatable bonds is 3. The normalized spacial score (nSPS) is 13.4. The molecule has 5 heteroatoms. The smallest absolute Gasteiger partial charge is 0.286 e. The fourth-order valence-electron chi connectivity index (χ4n) is 1.95. The van der Waals surface area contributed by atoms with Gasteiger partial charge in [-0.2, -0.15) is 10.0 Å². The van der Waals surface area contributed by atoms with Crippen LogP contribution in [0.5, 0.6) is 0 Å². The van der Waals surface area contributed by atoms with Crippen molar-refractivity contribution in [2.75, 3.05) is 14.1 Å². The number of quaternary nitrogens is 1. The monoisotopic (exact) mass is 275 g/mol. The van der Waals surface area contributed by atoms with Gasteiger partial charge in [-0.05, 0) is 18.4 Å². The van der Waals surface area contributed by atoms with Gasteiger partial charge >= 0.3 is 0 Å². The molecular weight excluding hydrogens is 256 g/mol. The van der Waals surface area contributed by atoms with E-state index in [2.05, 4.69) is 35.5 Å². The van der Waals surface area contributed by atoms with Crippen molar-refractivity contribution in [1.29, 1.82) is 0 Å². The summed E-state index contributed by atoms with van der Waals surface area (Å²) < 4.78 is 0.283. The molecule has 0 bridgehead atoms. The van der Waals surface area contributed by atoms with Crippen molar-refractivity contribution >= 4 is 28.1 Å². The first-order chi connectivity index (χ1) is 8.90. The zero-order valence-electron chi connectivity index (χ0n) is 11.4. The summed E-state index contributed by atoms with van der Waals surface area (Å²) in [6.45, 7) is 2.05. The third-order valence-electron chi connectivity index (χ3n) is 3.16. The fourth-order valence-corrected chi connectivity index (χ4v) is 2.00. The molecule has 0 saturated heterocycles. The van der Waals surface area contributed by atoms with Crippen molar-refractivity contribution in [3.8, 4) is 0 Å². The number of aromatic nitrogens is 1. The van der Waals surface area contributed by atoms with Crippen LogP contribution in [0.3, 0.4) is 0 Å². The first-order valence-electron chi connectivity index (χ1n) is 6.16. The average Bonchev–Trinajstić information content (AvgIpc) is 2.37. The van der Waals surface area contributed by atoms with Crippen LogP contribution in [0.25, 0.3) is 10.8 Å². The van der Waals surface area contributed by atoms with Gasteiger partial charge in [0.15, 0.2) is 0 Å². The predicted molar refractivity (Wildman–Crippen MR) is 82.2 cm³/mol. The fraction of sp³-hybridized carbons (Fsp3) is 0.286. The zero-order valence-corrected chi connectivity index (χ0v) is 12.2. The van der Waals surface area contributed by atoms with Crippen LogP contribution in [0, 0.1) is 0 Å². The lowest BCUT2D eigenvalue weighted by atomic mass is 10.1. The van der Waals surface area contributed by atoms with Crippen LogP contribution < -0.4 is 11.2 Å². The van der Waals surface area contributed by atoms with E-state index in [4.69, 9.17) is 18.0 Å². The number of nitrogens with zero attached hydrogens (tertiary/aromatic N) is 2. The van der Waals surface area contributed by atoms with Crippen molar-refractivity contribution in [1.82, 2.24) is 10.4 Å². The van der Waals surface area contributed by atoms with Gasteiger partial charge in [-0.15, -0.1) is 0 Å². The highest BCUT2D eigenvalue weighted by Crippen LogP contribution is 2.18. The predicted octanol–water partition coefficient (Wildman–Crippen LogP) is 2.12. The average molecular weight is 275 g/mol. The molecule has 100 valence electrons. The summed E-state index contributed by atoms with van der Waals surface area (Å²) in [5, 5.41) is 2.72. The van der Waals surface area contributed by atoms with Gasteiger partial charge in [-0.25, -0.2) is 0 Å². The van der Waals surface area contributed by atoms with E-state index in [1.807, 2.05) is 32.4 Å². The molecule has 0 aliphatic heterocycles. The lowest BCUT2D eigenvalue weighted by Crippen LogP contribution is -2.58. The molecule has 0 radical (unpaired) electrons. The standard InChI is InChI=1S/C14H18N4S/c1-10(17-18(2,3)14(15)19)13-8-11-6-4-5-7-12(11)9-16-13/h4-10,17H,1-3H3,(H-,15,19)/p+1. The molecule has 1 atom stereocenters. The highest BCUT2D eigenvalue weighted by Gasteiger charge is 2.23. The molecule has 0 aliphatic carbocycles. The largest absolute Gasteiger partial charge is 0.343 e. The number of fused-ring (bicyclic) bond motifs is 1. The minimum Gasteiger partial charge on any atom is -0.343 e. The van der Waals surface area contributed by atoms with Gasteiger partial charge < -0.3 is 5.73 Å². The second-order valence-corrected chi connectivity index (χ2v) is 5.52. The second kappa shape index (κ2) is 5.21. The first kappa shape index (κ1) is 13.9. The van der Waals surface area contributed by atoms with E-state index in [0.717, 1.165) is 11.1 Å². The van der Waals surface area contributed by atoms with Gasteiger partial charge in [-0.3, -0.25) is 4.98 Å². The van der Waals surface area contributed by atoms with Gasteiger partial charge in [0.1, 0.15) is 0 Å². The van der Waals surface area contributed by atoms with E-state index in [9.17, 15) is 0 Å². The Labute approximate surface area is 118 Å². The number of nitrogens with two attached hydrogens (primary N) is 1. The van der Waals surface area contributed by atoms with Gasteiger partial charge in [-0.1, -0.05) is 24.3 Å². The summed E-state index contributed by atoms with van der Waals surface area (Å²) in [5.41, 5.74) is 10.0. The van der Waals surface area contributed by atoms with Gasteiger partial charge in [0, 0.05) is 23.8 Å². The molecule has 1 heterocycles. The molecule has 0 aliphatic rings. The van der Waals surface area contributed by atoms with E-state index >= 15 is 0 Å². The molecule has 0 fully saturated rings. The summed E-state index contributed by atoms with van der Waals surface area (Å²) in [7, 11) is 3.83. The molecule has 0 spiro atoms. The Morgan fingerprint density at radius 1 is 1.32 bits per heavy atom. The van der Waals surface area contributed by atoms with Crippen molar-refractivity contribution in [3.63, 3.8) is 0 Å². The van der Waals surface area contributed by atoms with Crippen LogP contribution in [0.4, 0.5) is 0 Å². The summed E-state index contributed by atoms with van der Waals surface area (Å²) >= 11 is 5.04. The first-order valence-corrected chi connectivity index (χ1v) is 6.57. The van der Waals surface area contributed by atoms with Gasteiger partial charge in [0.2, 0.25) is 0 Å². The second-order valence-electron chi connectivity index (χ2n) is 5.10. The van der Waals surface area contributed by atoms with Crippen molar-refractivity contribution < 1.29 is 4.59 Å². The molecule has 0 saturated carbocycles. The van der Waals surface area contributed by atoms with Crippen LogP contribution in [0.2, 0.25) is 0 Å². The molecule has 3 N–H and O–H groups in total. The quantitative estimate of drug-likeness (QED) is 0.512. The summed E-state index contributed by atoms with van der Waals surface area (Å²) in [6.07, 6.45) is 1.89. The van der Waals surface area contributed by atoms with E-state index in [-0.39, 0.29) is 10.6 Å². The molecule has 2 rings (SSSR count). The number of thiocarbonyl (C=S) groups is 1. The zero-order chi connectivity index (χ0) is 14.0. The molecule has 1 unspecified atom stereocenters. The van der Waals surface area contributed by atoms with Crippen LogP contribution >= 0.6 is 12.2 Å². The third-order valence-corrected chi connectivity index (χ3v) is 3.62. The number of nitrogens with one attached hydrogen (secondary N) is 1. The Bertz CT molecular complexity index is 609.